The molecule has 0 spiro atoms. The van der Waals surface area contributed by atoms with Gasteiger partial charge in [-0.25, -0.2) is 5.06 Å². The van der Waals surface area contributed by atoms with E-state index in [0.29, 0.717) is 6.42 Å². The molecule has 0 saturated carbocycles. The van der Waals surface area contributed by atoms with Crippen LogP contribution >= 0.6 is 0 Å². The van der Waals surface area contributed by atoms with E-state index in [1.165, 1.54) is 0 Å². The summed E-state index contributed by atoms with van der Waals surface area (Å²) >= 11 is 0. The van der Waals surface area contributed by atoms with Crippen molar-refractivity contribution in [1.29, 1.82) is 0 Å². The summed E-state index contributed by atoms with van der Waals surface area (Å²) in [5, 5.41) is 10.0. The minimum Gasteiger partial charge on any atom is -0.286 e. The summed E-state index contributed by atoms with van der Waals surface area (Å²) in [5.74, 6) is -0.127. The maximum atomic E-state index is 10.8. The normalized spacial score (nSPS) is 27.2. The van der Waals surface area contributed by atoms with Gasteiger partial charge in [-0.05, 0) is 19.3 Å². The van der Waals surface area contributed by atoms with Crippen molar-refractivity contribution in [3.63, 3.8) is 0 Å². The molecule has 1 amide bonds. The molecule has 1 atom stereocenters. The van der Waals surface area contributed by atoms with Gasteiger partial charge in [-0.1, -0.05) is 6.92 Å². The highest BCUT2D eigenvalue weighted by atomic mass is 16.5. The van der Waals surface area contributed by atoms with Crippen molar-refractivity contribution in [3.05, 3.63) is 0 Å². The highest BCUT2D eigenvalue weighted by molar-refractivity contribution is 5.75. The van der Waals surface area contributed by atoms with Gasteiger partial charge in [-0.3, -0.25) is 10.0 Å². The molecule has 58 valence electrons. The molecule has 0 aromatic heterocycles. The lowest BCUT2D eigenvalue weighted by atomic mass is 10.0. The van der Waals surface area contributed by atoms with Gasteiger partial charge in [0.25, 0.3) is 0 Å². The topological polar surface area (TPSA) is 40.5 Å². The Labute approximate surface area is 60.6 Å². The first-order chi connectivity index (χ1) is 4.75. The van der Waals surface area contributed by atoms with Gasteiger partial charge in [0.05, 0.1) is 6.04 Å². The van der Waals surface area contributed by atoms with Crippen LogP contribution in [0.1, 0.15) is 32.6 Å². The molecule has 1 aliphatic heterocycles. The average Bonchev–Trinajstić information content (AvgIpc) is 1.95. The van der Waals surface area contributed by atoms with Crippen LogP contribution in [0.2, 0.25) is 0 Å². The van der Waals surface area contributed by atoms with E-state index in [1.54, 1.807) is 0 Å². The highest BCUT2D eigenvalue weighted by Crippen LogP contribution is 2.17. The molecule has 0 aromatic rings. The van der Waals surface area contributed by atoms with E-state index in [9.17, 15) is 4.79 Å². The van der Waals surface area contributed by atoms with Gasteiger partial charge in [0.15, 0.2) is 0 Å². The van der Waals surface area contributed by atoms with Gasteiger partial charge in [0, 0.05) is 6.42 Å². The first-order valence-corrected chi connectivity index (χ1v) is 3.76. The molecule has 0 radical (unpaired) electrons. The monoisotopic (exact) mass is 143 g/mol. The third-order valence-electron chi connectivity index (χ3n) is 2.00. The van der Waals surface area contributed by atoms with E-state index in [-0.39, 0.29) is 11.9 Å². The smallest absolute Gasteiger partial charge is 0.246 e. The first kappa shape index (κ1) is 7.54. The second-order valence-corrected chi connectivity index (χ2v) is 2.69. The minimum atomic E-state index is -0.127. The molecule has 0 bridgehead atoms. The number of hydroxylamine groups is 2. The SMILES string of the molecule is CCC1CCCC(=O)N1O. The molecule has 3 nitrogen and oxygen atoms in total. The van der Waals surface area contributed by atoms with Crippen molar-refractivity contribution in [3.8, 4) is 0 Å². The highest BCUT2D eigenvalue weighted by Gasteiger charge is 2.24. The second kappa shape index (κ2) is 3.01. The predicted octanol–water partition coefficient (Wildman–Crippen LogP) is 1.17. The van der Waals surface area contributed by atoms with E-state index in [0.717, 1.165) is 24.3 Å². The van der Waals surface area contributed by atoms with Gasteiger partial charge in [-0.15, -0.1) is 0 Å². The molecule has 1 N–H and O–H groups in total. The lowest BCUT2D eigenvalue weighted by molar-refractivity contribution is -0.182. The zero-order valence-corrected chi connectivity index (χ0v) is 6.21. The number of carbonyl (C=O) groups is 1. The molecule has 1 saturated heterocycles. The Hall–Kier alpha value is -0.570. The predicted molar refractivity (Wildman–Crippen MR) is 36.6 cm³/mol. The molecule has 1 aliphatic rings. The van der Waals surface area contributed by atoms with Gasteiger partial charge in [0.1, 0.15) is 0 Å². The number of carbonyl (C=O) groups excluding carboxylic acids is 1. The Morgan fingerprint density at radius 2 is 2.50 bits per heavy atom. The number of hydrogen-bond donors (Lipinski definition) is 1. The third kappa shape index (κ3) is 1.29. The van der Waals surface area contributed by atoms with Crippen LogP contribution in [0.4, 0.5) is 0 Å². The Morgan fingerprint density at radius 1 is 1.80 bits per heavy atom. The van der Waals surface area contributed by atoms with Gasteiger partial charge >= 0.3 is 0 Å². The Bertz CT molecular complexity index is 136. The Balaban J connectivity index is 2.51. The largest absolute Gasteiger partial charge is 0.286 e. The molecular formula is C7H13NO2. The van der Waals surface area contributed by atoms with Crippen LogP contribution in [0.15, 0.2) is 0 Å². The van der Waals surface area contributed by atoms with E-state index >= 15 is 0 Å². The molecule has 1 fully saturated rings. The summed E-state index contributed by atoms with van der Waals surface area (Å²) in [4.78, 5) is 10.8. The molecule has 10 heavy (non-hydrogen) atoms. The van der Waals surface area contributed by atoms with E-state index < -0.39 is 0 Å². The number of amides is 1. The summed E-state index contributed by atoms with van der Waals surface area (Å²) in [6, 6.07) is 0.0706. The zero-order valence-electron chi connectivity index (χ0n) is 6.21. The lowest BCUT2D eigenvalue weighted by Gasteiger charge is -2.28. The van der Waals surface area contributed by atoms with E-state index in [4.69, 9.17) is 5.21 Å². The van der Waals surface area contributed by atoms with Crippen LogP contribution in [0.5, 0.6) is 0 Å². The van der Waals surface area contributed by atoms with Crippen molar-refractivity contribution in [2.75, 3.05) is 0 Å². The summed E-state index contributed by atoms with van der Waals surface area (Å²) in [7, 11) is 0. The quantitative estimate of drug-likeness (QED) is 0.560. The maximum absolute atomic E-state index is 10.8. The van der Waals surface area contributed by atoms with Crippen molar-refractivity contribution in [2.45, 2.75) is 38.6 Å². The average molecular weight is 143 g/mol. The van der Waals surface area contributed by atoms with E-state index in [2.05, 4.69) is 0 Å². The molecule has 1 unspecified atom stereocenters. The number of hydrogen-bond acceptors (Lipinski definition) is 2. The zero-order chi connectivity index (χ0) is 7.56. The Morgan fingerprint density at radius 3 is 3.00 bits per heavy atom. The summed E-state index contributed by atoms with van der Waals surface area (Å²) < 4.78 is 0. The second-order valence-electron chi connectivity index (χ2n) is 2.69. The summed E-state index contributed by atoms with van der Waals surface area (Å²) in [6.45, 7) is 1.98. The fraction of sp³-hybridized carbons (Fsp3) is 0.857. The Kier molecular flexibility index (Phi) is 2.27. The van der Waals surface area contributed by atoms with Crippen molar-refractivity contribution >= 4 is 5.91 Å². The van der Waals surface area contributed by atoms with E-state index in [1.807, 2.05) is 6.92 Å². The van der Waals surface area contributed by atoms with Gasteiger partial charge in [-0.2, -0.15) is 0 Å². The number of rotatable bonds is 1. The fourth-order valence-electron chi connectivity index (χ4n) is 1.31. The molecular weight excluding hydrogens is 130 g/mol. The molecule has 0 aliphatic carbocycles. The fourth-order valence-corrected chi connectivity index (χ4v) is 1.31. The minimum absolute atomic E-state index is 0.0706. The number of piperidine rings is 1. The molecule has 1 rings (SSSR count). The van der Waals surface area contributed by atoms with Gasteiger partial charge in [0.2, 0.25) is 5.91 Å². The summed E-state index contributed by atoms with van der Waals surface area (Å²) in [5.41, 5.74) is 0. The van der Waals surface area contributed by atoms with Crippen molar-refractivity contribution in [1.82, 2.24) is 5.06 Å². The molecule has 1 heterocycles. The van der Waals surface area contributed by atoms with Crippen LogP contribution in [0, 0.1) is 0 Å². The van der Waals surface area contributed by atoms with Gasteiger partial charge < -0.3 is 0 Å². The first-order valence-electron chi connectivity index (χ1n) is 3.76. The standard InChI is InChI=1S/C7H13NO2/c1-2-6-4-3-5-7(9)8(6)10/h6,10H,2-5H2,1H3. The van der Waals surface area contributed by atoms with Crippen LogP contribution in [0.25, 0.3) is 0 Å². The van der Waals surface area contributed by atoms with Crippen molar-refractivity contribution < 1.29 is 10.0 Å². The van der Waals surface area contributed by atoms with Crippen LogP contribution in [-0.2, 0) is 4.79 Å². The summed E-state index contributed by atoms with van der Waals surface area (Å²) in [6.07, 6.45) is 3.22. The van der Waals surface area contributed by atoms with Crippen molar-refractivity contribution in [2.24, 2.45) is 0 Å². The molecule has 0 aromatic carbocycles. The van der Waals surface area contributed by atoms with Crippen LogP contribution in [-0.4, -0.2) is 22.2 Å². The number of nitrogens with zero attached hydrogens (tertiary/aromatic N) is 1. The maximum Gasteiger partial charge on any atom is 0.246 e. The van der Waals surface area contributed by atoms with Crippen LogP contribution in [0.3, 0.4) is 0 Å². The third-order valence-corrected chi connectivity index (χ3v) is 2.00. The molecule has 3 heteroatoms. The van der Waals surface area contributed by atoms with Crippen LogP contribution < -0.4 is 0 Å². The lowest BCUT2D eigenvalue weighted by Crippen LogP contribution is -2.40.